The normalized spacial score (nSPS) is 22.4. The van der Waals surface area contributed by atoms with E-state index in [0.29, 0.717) is 5.39 Å². The number of hydrogen-bond acceptors (Lipinski definition) is 4. The van der Waals surface area contributed by atoms with Crippen LogP contribution in [0.1, 0.15) is 45.6 Å². The third kappa shape index (κ3) is 2.92. The van der Waals surface area contributed by atoms with Gasteiger partial charge in [0.15, 0.2) is 5.16 Å². The Kier molecular flexibility index (Phi) is 4.54. The summed E-state index contributed by atoms with van der Waals surface area (Å²) >= 11 is 1.56. The molecule has 0 aliphatic heterocycles. The number of nitrogens with zero attached hydrogens (tertiary/aromatic N) is 2. The molecule has 1 aliphatic rings. The first kappa shape index (κ1) is 15.6. The van der Waals surface area contributed by atoms with Crippen molar-refractivity contribution in [3.63, 3.8) is 0 Å². The van der Waals surface area contributed by atoms with Crippen molar-refractivity contribution in [1.29, 1.82) is 0 Å². The summed E-state index contributed by atoms with van der Waals surface area (Å²) in [5.74, 6) is 0. The minimum Gasteiger partial charge on any atom is -0.392 e. The van der Waals surface area contributed by atoms with Gasteiger partial charge in [0.1, 0.15) is 0 Å². The number of aromatic nitrogens is 2. The zero-order valence-electron chi connectivity index (χ0n) is 13.0. The number of benzene rings is 1. The van der Waals surface area contributed by atoms with Gasteiger partial charge in [-0.05, 0) is 38.8 Å². The van der Waals surface area contributed by atoms with E-state index < -0.39 is 0 Å². The zero-order chi connectivity index (χ0) is 15.7. The highest BCUT2D eigenvalue weighted by atomic mass is 32.2. The predicted molar refractivity (Wildman–Crippen MR) is 90.5 cm³/mol. The Morgan fingerprint density at radius 2 is 2.00 bits per heavy atom. The molecule has 2 atom stereocenters. The van der Waals surface area contributed by atoms with Crippen molar-refractivity contribution in [2.75, 3.05) is 0 Å². The quantitative estimate of drug-likeness (QED) is 0.882. The lowest BCUT2D eigenvalue weighted by Crippen LogP contribution is -2.30. The first-order chi connectivity index (χ1) is 10.6. The molecule has 1 aromatic heterocycles. The highest BCUT2D eigenvalue weighted by Gasteiger charge is 2.26. The molecule has 1 heterocycles. The first-order valence-electron chi connectivity index (χ1n) is 7.94. The lowest BCUT2D eigenvalue weighted by molar-refractivity contribution is 0.136. The lowest BCUT2D eigenvalue weighted by Gasteiger charge is -2.28. The largest absolute Gasteiger partial charge is 0.392 e. The van der Waals surface area contributed by atoms with E-state index in [0.717, 1.165) is 36.4 Å². The number of hydrogen-bond donors (Lipinski definition) is 1. The minimum atomic E-state index is -0.303. The number of thioether (sulfide) groups is 1. The van der Waals surface area contributed by atoms with Crippen molar-refractivity contribution in [3.05, 3.63) is 34.6 Å². The topological polar surface area (TPSA) is 55.1 Å². The predicted octanol–water partition coefficient (Wildman–Crippen LogP) is 3.37. The van der Waals surface area contributed by atoms with E-state index in [1.807, 2.05) is 38.1 Å². The SMILES string of the molecule is CC(C)n1c(SC2CCCCC2O)nc2ccccc2c1=O. The van der Waals surface area contributed by atoms with Gasteiger partial charge in [0.25, 0.3) is 5.56 Å². The van der Waals surface area contributed by atoms with Crippen LogP contribution in [-0.2, 0) is 0 Å². The van der Waals surface area contributed by atoms with E-state index in [9.17, 15) is 9.90 Å². The van der Waals surface area contributed by atoms with Crippen LogP contribution in [0.2, 0.25) is 0 Å². The van der Waals surface area contributed by atoms with Gasteiger partial charge in [-0.15, -0.1) is 0 Å². The summed E-state index contributed by atoms with van der Waals surface area (Å²) < 4.78 is 1.76. The van der Waals surface area contributed by atoms with Gasteiger partial charge in [-0.1, -0.05) is 36.7 Å². The smallest absolute Gasteiger partial charge is 0.262 e. The Labute approximate surface area is 134 Å². The molecule has 1 N–H and O–H groups in total. The van der Waals surface area contributed by atoms with Crippen LogP contribution < -0.4 is 5.56 Å². The monoisotopic (exact) mass is 318 g/mol. The second kappa shape index (κ2) is 6.42. The Bertz CT molecular complexity index is 726. The number of aliphatic hydroxyl groups excluding tert-OH is 1. The minimum absolute atomic E-state index is 0.00778. The van der Waals surface area contributed by atoms with E-state index in [1.165, 1.54) is 0 Å². The van der Waals surface area contributed by atoms with Crippen LogP contribution in [0.15, 0.2) is 34.2 Å². The molecule has 5 heteroatoms. The molecule has 0 radical (unpaired) electrons. The van der Waals surface area contributed by atoms with Gasteiger partial charge in [0, 0.05) is 11.3 Å². The number of para-hydroxylation sites is 1. The molecule has 4 nitrogen and oxygen atoms in total. The van der Waals surface area contributed by atoms with Gasteiger partial charge in [0.2, 0.25) is 0 Å². The second-order valence-corrected chi connectivity index (χ2v) is 7.39. The maximum Gasteiger partial charge on any atom is 0.262 e. The molecule has 0 amide bonds. The third-order valence-corrected chi connectivity index (χ3v) is 5.57. The van der Waals surface area contributed by atoms with Gasteiger partial charge >= 0.3 is 0 Å². The van der Waals surface area contributed by atoms with Crippen LogP contribution in [0, 0.1) is 0 Å². The number of rotatable bonds is 3. The van der Waals surface area contributed by atoms with Gasteiger partial charge in [-0.2, -0.15) is 0 Å². The zero-order valence-corrected chi connectivity index (χ0v) is 13.8. The molecule has 0 bridgehead atoms. The van der Waals surface area contributed by atoms with Crippen LogP contribution >= 0.6 is 11.8 Å². The molecule has 0 saturated heterocycles. The fourth-order valence-electron chi connectivity index (χ4n) is 3.01. The summed E-state index contributed by atoms with van der Waals surface area (Å²) in [7, 11) is 0. The summed E-state index contributed by atoms with van der Waals surface area (Å²) in [6.45, 7) is 4.00. The summed E-state index contributed by atoms with van der Waals surface area (Å²) in [5.41, 5.74) is 0.741. The average molecular weight is 318 g/mol. The first-order valence-corrected chi connectivity index (χ1v) is 8.82. The molecule has 3 rings (SSSR count). The summed E-state index contributed by atoms with van der Waals surface area (Å²) in [6.07, 6.45) is 3.74. The van der Waals surface area contributed by atoms with E-state index in [1.54, 1.807) is 16.3 Å². The average Bonchev–Trinajstić information content (AvgIpc) is 2.49. The van der Waals surface area contributed by atoms with Crippen LogP contribution in [0.25, 0.3) is 10.9 Å². The number of aliphatic hydroxyl groups is 1. The fourth-order valence-corrected chi connectivity index (χ4v) is 4.42. The van der Waals surface area contributed by atoms with Crippen LogP contribution in [0.4, 0.5) is 0 Å². The molecule has 0 spiro atoms. The molecule has 1 saturated carbocycles. The molecular formula is C17H22N2O2S. The standard InChI is InChI=1S/C17H22N2O2S/c1-11(2)19-16(21)12-7-3-4-8-13(12)18-17(19)22-15-10-6-5-9-14(15)20/h3-4,7-8,11,14-15,20H,5-6,9-10H2,1-2H3. The highest BCUT2D eigenvalue weighted by molar-refractivity contribution is 7.99. The van der Waals surface area contributed by atoms with Crippen LogP contribution in [-0.4, -0.2) is 26.0 Å². The Hall–Kier alpha value is -1.33. The molecule has 118 valence electrons. The third-order valence-electron chi connectivity index (χ3n) is 4.22. The van der Waals surface area contributed by atoms with Crippen molar-refractivity contribution in [2.24, 2.45) is 0 Å². The molecule has 2 aromatic rings. The maximum absolute atomic E-state index is 12.8. The van der Waals surface area contributed by atoms with Crippen LogP contribution in [0.5, 0.6) is 0 Å². The molecule has 1 aromatic carbocycles. The van der Waals surface area contributed by atoms with Crippen molar-refractivity contribution in [3.8, 4) is 0 Å². The van der Waals surface area contributed by atoms with Crippen molar-refractivity contribution >= 4 is 22.7 Å². The summed E-state index contributed by atoms with van der Waals surface area (Å²) in [5, 5.41) is 11.7. The summed E-state index contributed by atoms with van der Waals surface area (Å²) in [6, 6.07) is 7.52. The maximum atomic E-state index is 12.8. The summed E-state index contributed by atoms with van der Waals surface area (Å²) in [4.78, 5) is 17.5. The molecule has 2 unspecified atom stereocenters. The van der Waals surface area contributed by atoms with Crippen molar-refractivity contribution in [1.82, 2.24) is 9.55 Å². The molecule has 22 heavy (non-hydrogen) atoms. The Morgan fingerprint density at radius 3 is 2.73 bits per heavy atom. The number of fused-ring (bicyclic) bond motifs is 1. The van der Waals surface area contributed by atoms with E-state index in [2.05, 4.69) is 0 Å². The van der Waals surface area contributed by atoms with Gasteiger partial charge in [-0.3, -0.25) is 9.36 Å². The second-order valence-electron chi connectivity index (χ2n) is 6.19. The van der Waals surface area contributed by atoms with E-state index in [-0.39, 0.29) is 23.0 Å². The molecule has 1 fully saturated rings. The fraction of sp³-hybridized carbons (Fsp3) is 0.529. The van der Waals surface area contributed by atoms with Crippen LogP contribution in [0.3, 0.4) is 0 Å². The molecular weight excluding hydrogens is 296 g/mol. The lowest BCUT2D eigenvalue weighted by atomic mass is 9.97. The Balaban J connectivity index is 2.07. The molecule has 1 aliphatic carbocycles. The van der Waals surface area contributed by atoms with Crippen molar-refractivity contribution in [2.45, 2.75) is 62.1 Å². The van der Waals surface area contributed by atoms with E-state index in [4.69, 9.17) is 4.98 Å². The van der Waals surface area contributed by atoms with Gasteiger partial charge in [0.05, 0.1) is 17.0 Å². The van der Waals surface area contributed by atoms with Gasteiger partial charge in [-0.25, -0.2) is 4.98 Å². The van der Waals surface area contributed by atoms with E-state index >= 15 is 0 Å². The highest BCUT2D eigenvalue weighted by Crippen LogP contribution is 2.33. The van der Waals surface area contributed by atoms with Gasteiger partial charge < -0.3 is 5.11 Å². The van der Waals surface area contributed by atoms with Crippen molar-refractivity contribution < 1.29 is 5.11 Å². The Morgan fingerprint density at radius 1 is 1.27 bits per heavy atom.